The van der Waals surface area contributed by atoms with Crippen LogP contribution in [0.15, 0.2) is 36.4 Å². The molecule has 0 spiro atoms. The van der Waals surface area contributed by atoms with Crippen LogP contribution in [0.5, 0.6) is 0 Å². The van der Waals surface area contributed by atoms with E-state index in [2.05, 4.69) is 0 Å². The summed E-state index contributed by atoms with van der Waals surface area (Å²) in [5.41, 5.74) is 10.1. The summed E-state index contributed by atoms with van der Waals surface area (Å²) < 4.78 is 13.9. The second-order valence-electron chi connectivity index (χ2n) is 4.83. The molecule has 2 N–H and O–H groups in total. The van der Waals surface area contributed by atoms with Gasteiger partial charge < -0.3 is 5.73 Å². The normalized spacial score (nSPS) is 12.5. The average Bonchev–Trinajstić information content (AvgIpc) is 2.35. The van der Waals surface area contributed by atoms with E-state index in [-0.39, 0.29) is 16.9 Å². The van der Waals surface area contributed by atoms with Crippen LogP contribution in [0.1, 0.15) is 28.3 Å². The summed E-state index contributed by atoms with van der Waals surface area (Å²) in [5, 5.41) is 0.145. The predicted molar refractivity (Wildman–Crippen MR) is 78.0 cm³/mol. The third kappa shape index (κ3) is 2.96. The molecule has 2 aromatic carbocycles. The Morgan fingerprint density at radius 3 is 2.32 bits per heavy atom. The fourth-order valence-electron chi connectivity index (χ4n) is 2.46. The highest BCUT2D eigenvalue weighted by atomic mass is 35.5. The Morgan fingerprint density at radius 2 is 1.68 bits per heavy atom. The maximum absolute atomic E-state index is 13.9. The molecule has 0 aliphatic carbocycles. The van der Waals surface area contributed by atoms with E-state index in [0.717, 1.165) is 16.7 Å². The summed E-state index contributed by atoms with van der Waals surface area (Å²) in [6.07, 6.45) is 0.443. The van der Waals surface area contributed by atoms with Crippen molar-refractivity contribution in [3.8, 4) is 0 Å². The van der Waals surface area contributed by atoms with Crippen LogP contribution in [-0.4, -0.2) is 0 Å². The van der Waals surface area contributed by atoms with Gasteiger partial charge >= 0.3 is 0 Å². The molecule has 0 radical (unpaired) electrons. The Kier molecular flexibility index (Phi) is 4.23. The second-order valence-corrected chi connectivity index (χ2v) is 5.24. The number of nitrogens with two attached hydrogens (primary N) is 1. The molecule has 1 nitrogen and oxygen atoms in total. The van der Waals surface area contributed by atoms with Crippen molar-refractivity contribution in [1.29, 1.82) is 0 Å². The molecule has 100 valence electrons. The molecule has 0 heterocycles. The van der Waals surface area contributed by atoms with Gasteiger partial charge in [-0.25, -0.2) is 4.39 Å². The Hall–Kier alpha value is -1.38. The maximum Gasteiger partial charge on any atom is 0.145 e. The first-order chi connectivity index (χ1) is 9.00. The highest BCUT2D eigenvalue weighted by Crippen LogP contribution is 2.26. The summed E-state index contributed by atoms with van der Waals surface area (Å²) in [5.74, 6) is -0.370. The number of hydrogen-bond donors (Lipinski definition) is 1. The second kappa shape index (κ2) is 5.72. The molecule has 0 aliphatic heterocycles. The molecule has 3 heteroatoms. The van der Waals surface area contributed by atoms with Crippen molar-refractivity contribution in [3.05, 3.63) is 69.5 Å². The van der Waals surface area contributed by atoms with E-state index in [1.165, 1.54) is 0 Å². The molecule has 19 heavy (non-hydrogen) atoms. The first-order valence-corrected chi connectivity index (χ1v) is 6.63. The first kappa shape index (κ1) is 14.0. The van der Waals surface area contributed by atoms with Crippen molar-refractivity contribution in [3.63, 3.8) is 0 Å². The number of hydrogen-bond acceptors (Lipinski definition) is 1. The predicted octanol–water partition coefficient (Wildman–Crippen LogP) is 4.34. The summed E-state index contributed by atoms with van der Waals surface area (Å²) >= 11 is 5.79. The molecule has 0 amide bonds. The summed E-state index contributed by atoms with van der Waals surface area (Å²) in [6, 6.07) is 10.8. The number of aryl methyl sites for hydroxylation is 2. The number of benzene rings is 2. The Balaban J connectivity index is 2.31. The van der Waals surface area contributed by atoms with E-state index in [1.54, 1.807) is 18.2 Å². The monoisotopic (exact) mass is 277 g/mol. The van der Waals surface area contributed by atoms with Crippen LogP contribution in [0.2, 0.25) is 5.02 Å². The lowest BCUT2D eigenvalue weighted by molar-refractivity contribution is 0.592. The maximum atomic E-state index is 13.9. The smallest absolute Gasteiger partial charge is 0.145 e. The minimum Gasteiger partial charge on any atom is -0.324 e. The van der Waals surface area contributed by atoms with Crippen molar-refractivity contribution in [2.75, 3.05) is 0 Å². The van der Waals surface area contributed by atoms with Crippen molar-refractivity contribution in [1.82, 2.24) is 0 Å². The molecule has 0 saturated heterocycles. The molecule has 0 fully saturated rings. The van der Waals surface area contributed by atoms with Crippen molar-refractivity contribution in [2.45, 2.75) is 26.3 Å². The van der Waals surface area contributed by atoms with Crippen LogP contribution in [0.4, 0.5) is 4.39 Å². The van der Waals surface area contributed by atoms with Crippen LogP contribution in [-0.2, 0) is 6.42 Å². The van der Waals surface area contributed by atoms with Crippen LogP contribution in [0.3, 0.4) is 0 Å². The largest absolute Gasteiger partial charge is 0.324 e. The SMILES string of the molecule is Cc1cccc(C)c1C(N)Cc1cccc(Cl)c1F. The fourth-order valence-corrected chi connectivity index (χ4v) is 2.65. The fraction of sp³-hybridized carbons (Fsp3) is 0.250. The number of rotatable bonds is 3. The summed E-state index contributed by atoms with van der Waals surface area (Å²) in [6.45, 7) is 4.05. The van der Waals surface area contributed by atoms with Gasteiger partial charge in [-0.1, -0.05) is 41.9 Å². The van der Waals surface area contributed by atoms with Crippen molar-refractivity contribution >= 4 is 11.6 Å². The van der Waals surface area contributed by atoms with Gasteiger partial charge in [0.1, 0.15) is 5.82 Å². The highest BCUT2D eigenvalue weighted by molar-refractivity contribution is 6.30. The molecule has 2 rings (SSSR count). The van der Waals surface area contributed by atoms with Gasteiger partial charge in [0.25, 0.3) is 0 Å². The zero-order chi connectivity index (χ0) is 14.0. The van der Waals surface area contributed by atoms with Gasteiger partial charge in [-0.15, -0.1) is 0 Å². The Labute approximate surface area is 118 Å². The van der Waals surface area contributed by atoms with Crippen LogP contribution in [0, 0.1) is 19.7 Å². The van der Waals surface area contributed by atoms with Crippen LogP contribution >= 0.6 is 11.6 Å². The third-order valence-electron chi connectivity index (χ3n) is 3.38. The van der Waals surface area contributed by atoms with Gasteiger partial charge in [0, 0.05) is 6.04 Å². The zero-order valence-electron chi connectivity index (χ0n) is 11.1. The van der Waals surface area contributed by atoms with E-state index in [1.807, 2.05) is 32.0 Å². The molecule has 0 bridgehead atoms. The van der Waals surface area contributed by atoms with E-state index in [9.17, 15) is 4.39 Å². The van der Waals surface area contributed by atoms with Crippen LogP contribution < -0.4 is 5.73 Å². The summed E-state index contributed by atoms with van der Waals surface area (Å²) in [4.78, 5) is 0. The third-order valence-corrected chi connectivity index (χ3v) is 3.68. The zero-order valence-corrected chi connectivity index (χ0v) is 11.8. The molecule has 2 aromatic rings. The highest BCUT2D eigenvalue weighted by Gasteiger charge is 2.15. The minimum absolute atomic E-state index is 0.145. The van der Waals surface area contributed by atoms with E-state index < -0.39 is 0 Å². The minimum atomic E-state index is -0.370. The topological polar surface area (TPSA) is 26.0 Å². The lowest BCUT2D eigenvalue weighted by atomic mass is 9.92. The first-order valence-electron chi connectivity index (χ1n) is 6.25. The van der Waals surface area contributed by atoms with Gasteiger partial charge in [0.2, 0.25) is 0 Å². The molecule has 1 unspecified atom stereocenters. The molecule has 0 aromatic heterocycles. The van der Waals surface area contributed by atoms with Crippen molar-refractivity contribution < 1.29 is 4.39 Å². The Bertz CT molecular complexity index is 575. The van der Waals surface area contributed by atoms with Gasteiger partial charge in [0.05, 0.1) is 5.02 Å². The molecular formula is C16H17ClFN. The Morgan fingerprint density at radius 1 is 1.11 bits per heavy atom. The molecular weight excluding hydrogens is 261 g/mol. The quantitative estimate of drug-likeness (QED) is 0.887. The lowest BCUT2D eigenvalue weighted by Crippen LogP contribution is -2.16. The average molecular weight is 278 g/mol. The van der Waals surface area contributed by atoms with Gasteiger partial charge in [-0.05, 0) is 48.6 Å². The molecule has 0 aliphatic rings. The standard InChI is InChI=1S/C16H17ClFN/c1-10-5-3-6-11(2)15(10)14(19)9-12-7-4-8-13(17)16(12)18/h3-8,14H,9,19H2,1-2H3. The number of halogens is 2. The molecule has 1 atom stereocenters. The van der Waals surface area contributed by atoms with E-state index in [0.29, 0.717) is 12.0 Å². The van der Waals surface area contributed by atoms with E-state index in [4.69, 9.17) is 17.3 Å². The lowest BCUT2D eigenvalue weighted by Gasteiger charge is -2.18. The van der Waals surface area contributed by atoms with Gasteiger partial charge in [-0.2, -0.15) is 0 Å². The van der Waals surface area contributed by atoms with E-state index >= 15 is 0 Å². The molecule has 0 saturated carbocycles. The van der Waals surface area contributed by atoms with Gasteiger partial charge in [-0.3, -0.25) is 0 Å². The van der Waals surface area contributed by atoms with Crippen LogP contribution in [0.25, 0.3) is 0 Å². The van der Waals surface area contributed by atoms with Gasteiger partial charge in [0.15, 0.2) is 0 Å². The summed E-state index contributed by atoms with van der Waals surface area (Å²) in [7, 11) is 0. The van der Waals surface area contributed by atoms with Crippen molar-refractivity contribution in [2.24, 2.45) is 5.73 Å².